The Morgan fingerprint density at radius 3 is 2.61 bits per heavy atom. The van der Waals surface area contributed by atoms with Crippen molar-refractivity contribution in [2.45, 2.75) is 24.5 Å². The van der Waals surface area contributed by atoms with Gasteiger partial charge in [0.15, 0.2) is 17.4 Å². The zero-order valence-corrected chi connectivity index (χ0v) is 15.4. The highest BCUT2D eigenvalue weighted by atomic mass is 31.3. The van der Waals surface area contributed by atoms with Crippen molar-refractivity contribution in [3.05, 3.63) is 16.7 Å². The van der Waals surface area contributed by atoms with Crippen molar-refractivity contribution >= 4 is 32.8 Å². The van der Waals surface area contributed by atoms with Gasteiger partial charge in [-0.2, -0.15) is 9.29 Å². The molecule has 0 saturated carbocycles. The summed E-state index contributed by atoms with van der Waals surface area (Å²) in [6.45, 7) is -0.870. The van der Waals surface area contributed by atoms with Crippen LogP contribution in [0.3, 0.4) is 0 Å². The summed E-state index contributed by atoms with van der Waals surface area (Å²) < 4.78 is 36.6. The van der Waals surface area contributed by atoms with E-state index in [-0.39, 0.29) is 17.1 Å². The number of fused-ring (bicyclic) bond motifs is 1. The molecule has 18 heteroatoms. The van der Waals surface area contributed by atoms with Crippen molar-refractivity contribution in [3.63, 3.8) is 0 Å². The summed E-state index contributed by atoms with van der Waals surface area (Å²) in [5.74, 6) is -0.233. The first-order chi connectivity index (χ1) is 12.9. The molecule has 1 saturated heterocycles. The Hall–Kier alpha value is -1.71. The van der Waals surface area contributed by atoms with Crippen molar-refractivity contribution < 1.29 is 47.6 Å². The third-order valence-electron chi connectivity index (χ3n) is 3.67. The lowest BCUT2D eigenvalue weighted by Gasteiger charge is -2.17. The Balaban J connectivity index is 1.79. The first-order valence-electron chi connectivity index (χ1n) is 7.36. The number of ether oxygens (including phenoxy) is 1. The third kappa shape index (κ3) is 4.31. The molecule has 3 rings (SSSR count). The molecule has 0 aliphatic carbocycles. The van der Waals surface area contributed by atoms with Crippen LogP contribution in [-0.4, -0.2) is 69.3 Å². The van der Waals surface area contributed by atoms with Gasteiger partial charge in [-0.1, -0.05) is 0 Å². The van der Waals surface area contributed by atoms with Crippen LogP contribution in [0.15, 0.2) is 11.1 Å². The van der Waals surface area contributed by atoms with Crippen LogP contribution >= 0.6 is 15.6 Å². The molecule has 2 aromatic rings. The molecule has 16 nitrogen and oxygen atoms in total. The molecular formula is C10H15N5O11P2. The summed E-state index contributed by atoms with van der Waals surface area (Å²) in [6, 6.07) is 0. The summed E-state index contributed by atoms with van der Waals surface area (Å²) in [6.07, 6.45) is -4.88. The van der Waals surface area contributed by atoms with Crippen LogP contribution in [0.1, 0.15) is 6.23 Å². The number of rotatable bonds is 6. The number of imidazole rings is 1. The van der Waals surface area contributed by atoms with Crippen molar-refractivity contribution in [2.24, 2.45) is 0 Å². The fraction of sp³-hybridized carbons (Fsp3) is 0.500. The van der Waals surface area contributed by atoms with Gasteiger partial charge in [0.05, 0.1) is 12.9 Å². The van der Waals surface area contributed by atoms with Gasteiger partial charge in [0.25, 0.3) is 5.56 Å². The van der Waals surface area contributed by atoms with Crippen molar-refractivity contribution in [3.8, 4) is 0 Å². The van der Waals surface area contributed by atoms with Crippen molar-refractivity contribution in [1.82, 2.24) is 19.5 Å². The SMILES string of the molecule is Nc1nc2c(ncn2[C@@H]2O[C@@H](COP(=O)(O)OP(=O)(O)O)[C@@H](O)[C@@H]2O)c(=O)[nH]1. The molecule has 0 spiro atoms. The highest BCUT2D eigenvalue weighted by Gasteiger charge is 2.46. The standard InChI is InChI=1S/C10H15N5O11P2/c11-10-13-7-4(8(18)14-10)12-2-15(7)9-6(17)5(16)3(25-9)1-24-28(22,23)26-27(19,20)21/h2-3,5-6,9,16-17H,1H2,(H,22,23)(H2,19,20,21)(H3,11,13,14,18)/t3-,5+,6-,9+/m0/s1. The molecule has 0 aromatic carbocycles. The lowest BCUT2D eigenvalue weighted by atomic mass is 10.1. The second-order valence-electron chi connectivity index (χ2n) is 5.66. The van der Waals surface area contributed by atoms with Gasteiger partial charge in [-0.3, -0.25) is 18.9 Å². The molecule has 1 unspecified atom stereocenters. The number of aromatic amines is 1. The minimum absolute atomic E-state index is 0.0586. The molecule has 0 radical (unpaired) electrons. The molecule has 156 valence electrons. The largest absolute Gasteiger partial charge is 0.481 e. The Labute approximate surface area is 154 Å². The first-order valence-corrected chi connectivity index (χ1v) is 10.4. The number of nitrogen functional groups attached to an aromatic ring is 1. The van der Waals surface area contributed by atoms with E-state index in [0.717, 1.165) is 10.9 Å². The van der Waals surface area contributed by atoms with E-state index in [4.69, 9.17) is 20.3 Å². The number of hydrogen-bond donors (Lipinski definition) is 7. The van der Waals surface area contributed by atoms with Gasteiger partial charge in [-0.15, -0.1) is 0 Å². The Morgan fingerprint density at radius 2 is 1.96 bits per heavy atom. The summed E-state index contributed by atoms with van der Waals surface area (Å²) >= 11 is 0. The molecule has 0 amide bonds. The molecule has 0 bridgehead atoms. The van der Waals surface area contributed by atoms with Crippen molar-refractivity contribution in [2.75, 3.05) is 12.3 Å². The molecule has 1 aliphatic rings. The molecule has 28 heavy (non-hydrogen) atoms. The van der Waals surface area contributed by atoms with E-state index in [1.54, 1.807) is 0 Å². The summed E-state index contributed by atoms with van der Waals surface area (Å²) in [7, 11) is -10.5. The normalized spacial score (nSPS) is 27.9. The number of hydrogen-bond acceptors (Lipinski definition) is 11. The van der Waals surface area contributed by atoms with E-state index in [2.05, 4.69) is 23.8 Å². The average Bonchev–Trinajstić information content (AvgIpc) is 3.06. The number of nitrogens with one attached hydrogen (secondary N) is 1. The zero-order valence-electron chi connectivity index (χ0n) is 13.6. The van der Waals surface area contributed by atoms with Gasteiger partial charge in [0.2, 0.25) is 5.95 Å². The van der Waals surface area contributed by atoms with Crippen LogP contribution in [0.25, 0.3) is 11.2 Å². The molecule has 3 heterocycles. The van der Waals surface area contributed by atoms with Crippen LogP contribution in [0.2, 0.25) is 0 Å². The maximum atomic E-state index is 11.8. The number of anilines is 1. The highest BCUT2D eigenvalue weighted by molar-refractivity contribution is 7.60. The van der Waals surface area contributed by atoms with Crippen LogP contribution in [0, 0.1) is 0 Å². The minimum atomic E-state index is -5.32. The van der Waals surface area contributed by atoms with Gasteiger partial charge in [-0.05, 0) is 0 Å². The molecule has 8 N–H and O–H groups in total. The fourth-order valence-corrected chi connectivity index (χ4v) is 4.15. The smallest absolute Gasteiger partial charge is 0.387 e. The molecule has 2 aromatic heterocycles. The number of nitrogens with zero attached hydrogens (tertiary/aromatic N) is 3. The number of aromatic nitrogens is 4. The van der Waals surface area contributed by atoms with Gasteiger partial charge in [0.1, 0.15) is 18.3 Å². The van der Waals surface area contributed by atoms with E-state index in [9.17, 15) is 29.0 Å². The van der Waals surface area contributed by atoms with Crippen LogP contribution in [0.4, 0.5) is 5.95 Å². The van der Waals surface area contributed by atoms with E-state index in [0.29, 0.717) is 0 Å². The second kappa shape index (κ2) is 7.27. The van der Waals surface area contributed by atoms with Crippen molar-refractivity contribution in [1.29, 1.82) is 0 Å². The van der Waals surface area contributed by atoms with Gasteiger partial charge < -0.3 is 35.4 Å². The monoisotopic (exact) mass is 443 g/mol. The van der Waals surface area contributed by atoms with E-state index >= 15 is 0 Å². The Bertz CT molecular complexity index is 1030. The zero-order chi connectivity index (χ0) is 20.9. The maximum Gasteiger partial charge on any atom is 0.481 e. The number of phosphoric ester groups is 1. The predicted octanol–water partition coefficient (Wildman–Crippen LogP) is -2.45. The van der Waals surface area contributed by atoms with Crippen LogP contribution < -0.4 is 11.3 Å². The van der Waals surface area contributed by atoms with Crippen LogP contribution in [0.5, 0.6) is 0 Å². The Kier molecular flexibility index (Phi) is 5.46. The van der Waals surface area contributed by atoms with E-state index in [1.807, 2.05) is 0 Å². The summed E-state index contributed by atoms with van der Waals surface area (Å²) in [4.78, 5) is 48.1. The number of nitrogens with two attached hydrogens (primary N) is 1. The predicted molar refractivity (Wildman–Crippen MR) is 87.4 cm³/mol. The summed E-state index contributed by atoms with van der Waals surface area (Å²) in [5, 5.41) is 20.3. The minimum Gasteiger partial charge on any atom is -0.387 e. The molecule has 5 atom stereocenters. The lowest BCUT2D eigenvalue weighted by molar-refractivity contribution is -0.0503. The molecular weight excluding hydrogens is 428 g/mol. The lowest BCUT2D eigenvalue weighted by Crippen LogP contribution is -2.33. The van der Waals surface area contributed by atoms with Crippen LogP contribution in [-0.2, 0) is 22.7 Å². The van der Waals surface area contributed by atoms with E-state index < -0.39 is 52.4 Å². The third-order valence-corrected chi connectivity index (χ3v) is 5.83. The van der Waals surface area contributed by atoms with Gasteiger partial charge in [-0.25, -0.2) is 14.1 Å². The number of aliphatic hydroxyl groups is 2. The summed E-state index contributed by atoms with van der Waals surface area (Å²) in [5.41, 5.74) is 4.65. The van der Waals surface area contributed by atoms with Gasteiger partial charge in [0, 0.05) is 0 Å². The van der Waals surface area contributed by atoms with Gasteiger partial charge >= 0.3 is 15.6 Å². The number of aliphatic hydroxyl groups excluding tert-OH is 2. The fourth-order valence-electron chi connectivity index (χ4n) is 2.55. The number of phosphoric acid groups is 2. The topological polar surface area (TPSA) is 253 Å². The molecule has 1 aliphatic heterocycles. The van der Waals surface area contributed by atoms with E-state index in [1.165, 1.54) is 0 Å². The number of H-pyrrole nitrogens is 1. The average molecular weight is 443 g/mol. The maximum absolute atomic E-state index is 11.8. The first kappa shape index (κ1) is 21.0. The Morgan fingerprint density at radius 1 is 1.29 bits per heavy atom. The second-order valence-corrected chi connectivity index (χ2v) is 8.49. The highest BCUT2D eigenvalue weighted by Crippen LogP contribution is 2.57. The molecule has 1 fully saturated rings. The quantitative estimate of drug-likeness (QED) is 0.229.